The molecule has 1 N–H and O–H groups in total. The Bertz CT molecular complexity index is 889. The average molecular weight is 427 g/mol. The Morgan fingerprint density at radius 3 is 2.29 bits per heavy atom. The fourth-order valence-corrected chi connectivity index (χ4v) is 3.69. The predicted molar refractivity (Wildman–Crippen MR) is 118 cm³/mol. The number of methoxy groups -OCH3 is 2. The number of rotatable bonds is 8. The van der Waals surface area contributed by atoms with Crippen LogP contribution in [-0.4, -0.2) is 56.7 Å². The van der Waals surface area contributed by atoms with Crippen LogP contribution in [0, 0.1) is 0 Å². The minimum atomic E-state index is -0.0989. The quantitative estimate of drug-likeness (QED) is 0.702. The van der Waals surface area contributed by atoms with Gasteiger partial charge in [-0.3, -0.25) is 9.59 Å². The smallest absolute Gasteiger partial charge is 0.251 e. The number of hydrogen-bond acceptors (Lipinski definition) is 5. The van der Waals surface area contributed by atoms with Gasteiger partial charge in [-0.2, -0.15) is 0 Å². The first-order chi connectivity index (χ1) is 15.0. The highest BCUT2D eigenvalue weighted by Gasteiger charge is 2.24. The standard InChI is InChI=1S/C24H30N2O5/c1-4-31-20-8-6-18(7-9-20)24(28)25-19-11-13-26(14-12-19)23(27)16-17-5-10-21(29-2)22(15-17)30-3/h5-10,15,19H,4,11-14,16H2,1-3H3,(H,25,28). The number of carbonyl (C=O) groups excluding carboxylic acids is 2. The molecule has 0 unspecified atom stereocenters. The predicted octanol–water partition coefficient (Wildman–Crippen LogP) is 3.07. The van der Waals surface area contributed by atoms with Gasteiger partial charge in [0.1, 0.15) is 5.75 Å². The Hall–Kier alpha value is -3.22. The van der Waals surface area contributed by atoms with E-state index in [0.29, 0.717) is 43.2 Å². The summed E-state index contributed by atoms with van der Waals surface area (Å²) in [5.74, 6) is 1.98. The SMILES string of the molecule is CCOc1ccc(C(=O)NC2CCN(C(=O)Cc3ccc(OC)c(OC)c3)CC2)cc1. The molecule has 1 saturated heterocycles. The highest BCUT2D eigenvalue weighted by atomic mass is 16.5. The molecule has 2 aromatic rings. The summed E-state index contributed by atoms with van der Waals surface area (Å²) in [6, 6.07) is 12.7. The molecule has 7 heteroatoms. The molecule has 166 valence electrons. The number of ether oxygens (including phenoxy) is 3. The van der Waals surface area contributed by atoms with Gasteiger partial charge in [0.2, 0.25) is 5.91 Å². The lowest BCUT2D eigenvalue weighted by Gasteiger charge is -2.32. The van der Waals surface area contributed by atoms with Crippen LogP contribution in [0.5, 0.6) is 17.2 Å². The number of nitrogens with zero attached hydrogens (tertiary/aromatic N) is 1. The van der Waals surface area contributed by atoms with Gasteiger partial charge in [0.15, 0.2) is 11.5 Å². The van der Waals surface area contributed by atoms with Crippen molar-refractivity contribution < 1.29 is 23.8 Å². The molecule has 2 amide bonds. The van der Waals surface area contributed by atoms with E-state index >= 15 is 0 Å². The van der Waals surface area contributed by atoms with E-state index in [1.807, 2.05) is 30.0 Å². The number of likely N-dealkylation sites (tertiary alicyclic amines) is 1. The highest BCUT2D eigenvalue weighted by molar-refractivity contribution is 5.94. The first kappa shape index (κ1) is 22.5. The molecule has 1 heterocycles. The summed E-state index contributed by atoms with van der Waals surface area (Å²) in [6.07, 6.45) is 1.78. The summed E-state index contributed by atoms with van der Waals surface area (Å²) < 4.78 is 16.0. The topological polar surface area (TPSA) is 77.1 Å². The third-order valence-electron chi connectivity index (χ3n) is 5.41. The molecule has 1 aliphatic rings. The zero-order chi connectivity index (χ0) is 22.2. The number of piperidine rings is 1. The average Bonchev–Trinajstić information content (AvgIpc) is 2.80. The van der Waals surface area contributed by atoms with E-state index in [9.17, 15) is 9.59 Å². The van der Waals surface area contributed by atoms with Gasteiger partial charge in [-0.05, 0) is 61.7 Å². The lowest BCUT2D eigenvalue weighted by Crippen LogP contribution is -2.47. The number of hydrogen-bond donors (Lipinski definition) is 1. The van der Waals surface area contributed by atoms with Crippen LogP contribution in [0.4, 0.5) is 0 Å². The largest absolute Gasteiger partial charge is 0.494 e. The number of amides is 2. The zero-order valence-electron chi connectivity index (χ0n) is 18.3. The maximum atomic E-state index is 12.7. The molecular formula is C24H30N2O5. The number of carbonyl (C=O) groups is 2. The minimum absolute atomic E-state index is 0.0594. The van der Waals surface area contributed by atoms with Gasteiger partial charge >= 0.3 is 0 Å². The summed E-state index contributed by atoms with van der Waals surface area (Å²) in [5, 5.41) is 3.08. The van der Waals surface area contributed by atoms with E-state index in [1.165, 1.54) is 0 Å². The van der Waals surface area contributed by atoms with Crippen molar-refractivity contribution in [3.05, 3.63) is 53.6 Å². The first-order valence-electron chi connectivity index (χ1n) is 10.6. The molecule has 1 fully saturated rings. The van der Waals surface area contributed by atoms with Crippen molar-refractivity contribution in [3.8, 4) is 17.2 Å². The van der Waals surface area contributed by atoms with Crippen molar-refractivity contribution >= 4 is 11.8 Å². The summed E-state index contributed by atoms with van der Waals surface area (Å²) in [5.41, 5.74) is 1.49. The van der Waals surface area contributed by atoms with Gasteiger partial charge in [-0.25, -0.2) is 0 Å². The molecule has 1 aliphatic heterocycles. The van der Waals surface area contributed by atoms with E-state index in [-0.39, 0.29) is 17.9 Å². The minimum Gasteiger partial charge on any atom is -0.494 e. The fourth-order valence-electron chi connectivity index (χ4n) is 3.69. The van der Waals surface area contributed by atoms with Gasteiger partial charge in [0.25, 0.3) is 5.91 Å². The van der Waals surface area contributed by atoms with Gasteiger partial charge in [-0.15, -0.1) is 0 Å². The molecule has 0 atom stereocenters. The Labute approximate surface area is 183 Å². The Morgan fingerprint density at radius 1 is 1.00 bits per heavy atom. The lowest BCUT2D eigenvalue weighted by molar-refractivity contribution is -0.131. The van der Waals surface area contributed by atoms with E-state index in [4.69, 9.17) is 14.2 Å². The van der Waals surface area contributed by atoms with Crippen LogP contribution in [0.2, 0.25) is 0 Å². The summed E-state index contributed by atoms with van der Waals surface area (Å²) >= 11 is 0. The molecule has 0 aromatic heterocycles. The third-order valence-corrected chi connectivity index (χ3v) is 5.41. The van der Waals surface area contributed by atoms with E-state index < -0.39 is 0 Å². The molecule has 3 rings (SSSR count). The molecule has 0 aliphatic carbocycles. The van der Waals surface area contributed by atoms with Crippen molar-refractivity contribution in [1.82, 2.24) is 10.2 Å². The summed E-state index contributed by atoms with van der Waals surface area (Å²) in [4.78, 5) is 27.1. The van der Waals surface area contributed by atoms with E-state index in [1.54, 1.807) is 38.5 Å². The summed E-state index contributed by atoms with van der Waals surface area (Å²) in [6.45, 7) is 3.77. The third kappa shape index (κ3) is 5.90. The fraction of sp³-hybridized carbons (Fsp3) is 0.417. The molecule has 0 radical (unpaired) electrons. The van der Waals surface area contributed by atoms with Crippen LogP contribution in [0.25, 0.3) is 0 Å². The summed E-state index contributed by atoms with van der Waals surface area (Å²) in [7, 11) is 3.16. The molecule has 2 aromatic carbocycles. The Morgan fingerprint density at radius 2 is 1.68 bits per heavy atom. The number of benzene rings is 2. The maximum absolute atomic E-state index is 12.7. The monoisotopic (exact) mass is 426 g/mol. The second kappa shape index (κ2) is 10.7. The van der Waals surface area contributed by atoms with Gasteiger partial charge in [0, 0.05) is 24.7 Å². The van der Waals surface area contributed by atoms with Gasteiger partial charge < -0.3 is 24.4 Å². The lowest BCUT2D eigenvalue weighted by atomic mass is 10.0. The normalized spacial score (nSPS) is 14.1. The van der Waals surface area contributed by atoms with Gasteiger partial charge in [-0.1, -0.05) is 6.07 Å². The van der Waals surface area contributed by atoms with Crippen molar-refractivity contribution in [2.24, 2.45) is 0 Å². The highest BCUT2D eigenvalue weighted by Crippen LogP contribution is 2.28. The van der Waals surface area contributed by atoms with Gasteiger partial charge in [0.05, 0.1) is 27.2 Å². The van der Waals surface area contributed by atoms with Crippen molar-refractivity contribution in [3.63, 3.8) is 0 Å². The van der Waals surface area contributed by atoms with Crippen LogP contribution >= 0.6 is 0 Å². The van der Waals surface area contributed by atoms with Crippen LogP contribution in [0.3, 0.4) is 0 Å². The van der Waals surface area contributed by atoms with E-state index in [0.717, 1.165) is 24.2 Å². The maximum Gasteiger partial charge on any atom is 0.251 e. The van der Waals surface area contributed by atoms with Crippen LogP contribution < -0.4 is 19.5 Å². The Balaban J connectivity index is 1.48. The van der Waals surface area contributed by atoms with Crippen molar-refractivity contribution in [2.75, 3.05) is 33.9 Å². The molecular weight excluding hydrogens is 396 g/mol. The zero-order valence-corrected chi connectivity index (χ0v) is 18.3. The Kier molecular flexibility index (Phi) is 7.76. The molecule has 31 heavy (non-hydrogen) atoms. The molecule has 7 nitrogen and oxygen atoms in total. The molecule has 0 bridgehead atoms. The number of nitrogens with one attached hydrogen (secondary N) is 1. The van der Waals surface area contributed by atoms with Crippen molar-refractivity contribution in [2.45, 2.75) is 32.2 Å². The second-order valence-electron chi connectivity index (χ2n) is 7.45. The molecule has 0 saturated carbocycles. The van der Waals surface area contributed by atoms with Crippen molar-refractivity contribution in [1.29, 1.82) is 0 Å². The molecule has 0 spiro atoms. The van der Waals surface area contributed by atoms with Crippen LogP contribution in [0.1, 0.15) is 35.7 Å². The van der Waals surface area contributed by atoms with E-state index in [2.05, 4.69) is 5.32 Å². The van der Waals surface area contributed by atoms with Crippen LogP contribution in [0.15, 0.2) is 42.5 Å². The van der Waals surface area contributed by atoms with Crippen LogP contribution in [-0.2, 0) is 11.2 Å². The second-order valence-corrected chi connectivity index (χ2v) is 7.45. The first-order valence-corrected chi connectivity index (χ1v) is 10.6.